The lowest BCUT2D eigenvalue weighted by molar-refractivity contribution is -0.127. The van der Waals surface area contributed by atoms with Crippen molar-refractivity contribution in [1.29, 1.82) is 0 Å². The maximum Gasteiger partial charge on any atom is 0.246 e. The molecule has 1 aliphatic heterocycles. The molecule has 19 heavy (non-hydrogen) atoms. The van der Waals surface area contributed by atoms with E-state index in [1.807, 2.05) is 35.2 Å². The Bertz CT molecular complexity index is 465. The van der Waals surface area contributed by atoms with E-state index in [9.17, 15) is 4.79 Å². The first kappa shape index (κ1) is 14.3. The number of amides is 1. The largest absolute Gasteiger partial charge is 0.396 e. The Labute approximate surface area is 122 Å². The SMILES string of the molecule is O=C(/C=C/c1ccccc1Br)N1CCC(CO)CC1. The topological polar surface area (TPSA) is 40.5 Å². The van der Waals surface area contributed by atoms with Crippen LogP contribution < -0.4 is 0 Å². The van der Waals surface area contributed by atoms with Crippen molar-refractivity contribution in [3.63, 3.8) is 0 Å². The van der Waals surface area contributed by atoms with Crippen molar-refractivity contribution in [2.24, 2.45) is 5.92 Å². The zero-order valence-corrected chi connectivity index (χ0v) is 12.3. The maximum atomic E-state index is 12.0. The van der Waals surface area contributed by atoms with Crippen molar-refractivity contribution >= 4 is 27.9 Å². The smallest absolute Gasteiger partial charge is 0.246 e. The summed E-state index contributed by atoms with van der Waals surface area (Å²) in [6, 6.07) is 7.81. The van der Waals surface area contributed by atoms with Gasteiger partial charge in [-0.25, -0.2) is 0 Å². The Morgan fingerprint density at radius 3 is 2.68 bits per heavy atom. The lowest BCUT2D eigenvalue weighted by Gasteiger charge is -2.30. The molecule has 1 aromatic carbocycles. The maximum absolute atomic E-state index is 12.0. The highest BCUT2D eigenvalue weighted by atomic mass is 79.9. The Kier molecular flexibility index (Phi) is 5.16. The van der Waals surface area contributed by atoms with Crippen molar-refractivity contribution in [3.05, 3.63) is 40.4 Å². The summed E-state index contributed by atoms with van der Waals surface area (Å²) in [4.78, 5) is 13.9. The van der Waals surface area contributed by atoms with E-state index in [0.29, 0.717) is 5.92 Å². The fraction of sp³-hybridized carbons (Fsp3) is 0.400. The van der Waals surface area contributed by atoms with Crippen LogP contribution in [0.15, 0.2) is 34.8 Å². The number of likely N-dealkylation sites (tertiary alicyclic amines) is 1. The van der Waals surface area contributed by atoms with E-state index in [1.165, 1.54) is 0 Å². The highest BCUT2D eigenvalue weighted by Gasteiger charge is 2.20. The van der Waals surface area contributed by atoms with Crippen LogP contribution in [0.4, 0.5) is 0 Å². The lowest BCUT2D eigenvalue weighted by atomic mass is 9.98. The van der Waals surface area contributed by atoms with Gasteiger partial charge in [0.05, 0.1) is 0 Å². The van der Waals surface area contributed by atoms with Gasteiger partial charge >= 0.3 is 0 Å². The fourth-order valence-electron chi connectivity index (χ4n) is 2.21. The van der Waals surface area contributed by atoms with E-state index in [2.05, 4.69) is 15.9 Å². The highest BCUT2D eigenvalue weighted by Crippen LogP contribution is 2.19. The fourth-order valence-corrected chi connectivity index (χ4v) is 2.63. The summed E-state index contributed by atoms with van der Waals surface area (Å²) in [6.07, 6.45) is 5.25. The van der Waals surface area contributed by atoms with E-state index in [4.69, 9.17) is 5.11 Å². The summed E-state index contributed by atoms with van der Waals surface area (Å²) in [7, 11) is 0. The average Bonchev–Trinajstić information content (AvgIpc) is 2.46. The molecule has 102 valence electrons. The summed E-state index contributed by atoms with van der Waals surface area (Å²) in [5.74, 6) is 0.406. The Balaban J connectivity index is 1.93. The number of rotatable bonds is 3. The summed E-state index contributed by atoms with van der Waals surface area (Å²) in [6.45, 7) is 1.71. The summed E-state index contributed by atoms with van der Waals surface area (Å²) >= 11 is 3.46. The summed E-state index contributed by atoms with van der Waals surface area (Å²) in [5, 5.41) is 9.08. The zero-order chi connectivity index (χ0) is 13.7. The quantitative estimate of drug-likeness (QED) is 0.869. The van der Waals surface area contributed by atoms with Crippen molar-refractivity contribution < 1.29 is 9.90 Å². The normalized spacial score (nSPS) is 17.1. The number of aliphatic hydroxyl groups excluding tert-OH is 1. The Hall–Kier alpha value is -1.13. The summed E-state index contributed by atoms with van der Waals surface area (Å²) < 4.78 is 0.984. The molecule has 0 spiro atoms. The first-order valence-electron chi connectivity index (χ1n) is 6.53. The number of carbonyl (C=O) groups is 1. The second kappa shape index (κ2) is 6.87. The Morgan fingerprint density at radius 1 is 1.37 bits per heavy atom. The molecule has 4 heteroatoms. The molecule has 0 aliphatic carbocycles. The molecule has 1 fully saturated rings. The van der Waals surface area contributed by atoms with Crippen LogP contribution in [0.2, 0.25) is 0 Å². The van der Waals surface area contributed by atoms with Gasteiger partial charge in [-0.1, -0.05) is 34.1 Å². The molecule has 0 unspecified atom stereocenters. The molecule has 0 bridgehead atoms. The van der Waals surface area contributed by atoms with Gasteiger partial charge in [-0.15, -0.1) is 0 Å². The van der Waals surface area contributed by atoms with Crippen LogP contribution in [0, 0.1) is 5.92 Å². The molecule has 2 rings (SSSR count). The van der Waals surface area contributed by atoms with Gasteiger partial charge in [-0.05, 0) is 36.5 Å². The third-order valence-corrected chi connectivity index (χ3v) is 4.22. The van der Waals surface area contributed by atoms with Crippen LogP contribution >= 0.6 is 15.9 Å². The molecule has 1 saturated heterocycles. The van der Waals surface area contributed by atoms with E-state index in [0.717, 1.165) is 36.0 Å². The number of carbonyl (C=O) groups excluding carboxylic acids is 1. The third kappa shape index (κ3) is 3.91. The number of piperidine rings is 1. The van der Waals surface area contributed by atoms with Gasteiger partial charge in [-0.3, -0.25) is 4.79 Å². The van der Waals surface area contributed by atoms with E-state index < -0.39 is 0 Å². The molecule has 0 atom stereocenters. The average molecular weight is 324 g/mol. The van der Waals surface area contributed by atoms with Crippen molar-refractivity contribution in [2.75, 3.05) is 19.7 Å². The van der Waals surface area contributed by atoms with Crippen molar-refractivity contribution in [2.45, 2.75) is 12.8 Å². The van der Waals surface area contributed by atoms with Crippen LogP contribution in [0.3, 0.4) is 0 Å². The van der Waals surface area contributed by atoms with E-state index in [1.54, 1.807) is 6.08 Å². The monoisotopic (exact) mass is 323 g/mol. The molecule has 0 saturated carbocycles. The molecule has 0 radical (unpaired) electrons. The first-order chi connectivity index (χ1) is 9.20. The molecule has 1 aliphatic rings. The zero-order valence-electron chi connectivity index (χ0n) is 10.8. The van der Waals surface area contributed by atoms with Crippen LogP contribution in [0.1, 0.15) is 18.4 Å². The van der Waals surface area contributed by atoms with Gasteiger partial charge in [0.25, 0.3) is 0 Å². The predicted molar refractivity (Wildman–Crippen MR) is 79.6 cm³/mol. The minimum atomic E-state index is 0.0483. The van der Waals surface area contributed by atoms with Crippen LogP contribution in [0.5, 0.6) is 0 Å². The van der Waals surface area contributed by atoms with Crippen LogP contribution in [-0.4, -0.2) is 35.6 Å². The molecule has 0 aromatic heterocycles. The lowest BCUT2D eigenvalue weighted by Crippen LogP contribution is -2.38. The first-order valence-corrected chi connectivity index (χ1v) is 7.32. The molecular formula is C15H18BrNO2. The van der Waals surface area contributed by atoms with Gasteiger partial charge < -0.3 is 10.0 Å². The molecule has 3 nitrogen and oxygen atoms in total. The van der Waals surface area contributed by atoms with Gasteiger partial charge in [0.2, 0.25) is 5.91 Å². The number of benzene rings is 1. The molecule has 1 aromatic rings. The predicted octanol–water partition coefficient (Wildman–Crippen LogP) is 2.69. The van der Waals surface area contributed by atoms with Crippen LogP contribution in [0.25, 0.3) is 6.08 Å². The highest BCUT2D eigenvalue weighted by molar-refractivity contribution is 9.10. The summed E-state index contributed by atoms with van der Waals surface area (Å²) in [5.41, 5.74) is 1.00. The molecule has 1 heterocycles. The van der Waals surface area contributed by atoms with E-state index in [-0.39, 0.29) is 12.5 Å². The van der Waals surface area contributed by atoms with Gasteiger partial charge in [-0.2, -0.15) is 0 Å². The van der Waals surface area contributed by atoms with Crippen molar-refractivity contribution in [3.8, 4) is 0 Å². The molecule has 1 N–H and O–H groups in total. The number of aliphatic hydroxyl groups is 1. The Morgan fingerprint density at radius 2 is 2.05 bits per heavy atom. The minimum Gasteiger partial charge on any atom is -0.396 e. The third-order valence-electron chi connectivity index (χ3n) is 3.50. The number of halogens is 1. The van der Waals surface area contributed by atoms with Gasteiger partial charge in [0.15, 0.2) is 0 Å². The number of hydrogen-bond acceptors (Lipinski definition) is 2. The second-order valence-electron chi connectivity index (χ2n) is 4.81. The van der Waals surface area contributed by atoms with Crippen LogP contribution in [-0.2, 0) is 4.79 Å². The molecular weight excluding hydrogens is 306 g/mol. The minimum absolute atomic E-state index is 0.0483. The standard InChI is InChI=1S/C15H18BrNO2/c16-14-4-2-1-3-13(14)5-6-15(19)17-9-7-12(11-18)8-10-17/h1-6,12,18H,7-11H2/b6-5+. The van der Waals surface area contributed by atoms with E-state index >= 15 is 0 Å². The van der Waals surface area contributed by atoms with Gasteiger partial charge in [0, 0.05) is 30.2 Å². The van der Waals surface area contributed by atoms with Gasteiger partial charge in [0.1, 0.15) is 0 Å². The molecule has 1 amide bonds. The second-order valence-corrected chi connectivity index (χ2v) is 5.66. The number of nitrogens with zero attached hydrogens (tertiary/aromatic N) is 1. The number of hydrogen-bond donors (Lipinski definition) is 1. The van der Waals surface area contributed by atoms with Crippen molar-refractivity contribution in [1.82, 2.24) is 4.90 Å².